The summed E-state index contributed by atoms with van der Waals surface area (Å²) in [7, 11) is 0. The van der Waals surface area contributed by atoms with E-state index >= 15 is 0 Å². The quantitative estimate of drug-likeness (QED) is 0.580. The lowest BCUT2D eigenvalue weighted by atomic mass is 10.7. The lowest BCUT2D eigenvalue weighted by molar-refractivity contribution is -0.118. The standard InChI is InChI=1S/C5H8N2O.C2H6/c1-5(8)7-4-3-6-2;1-2/h3-4H,2H2,1H3,(H,7,8);1-2H3/b4-3-;. The monoisotopic (exact) mass is 142 g/mol. The minimum Gasteiger partial charge on any atom is -0.331 e. The summed E-state index contributed by atoms with van der Waals surface area (Å²) in [5.74, 6) is -0.107. The van der Waals surface area contributed by atoms with Gasteiger partial charge < -0.3 is 5.32 Å². The molecule has 0 saturated heterocycles. The molecular formula is C7H14N2O. The van der Waals surface area contributed by atoms with Crippen LogP contribution in [0.25, 0.3) is 0 Å². The molecule has 0 aliphatic carbocycles. The summed E-state index contributed by atoms with van der Waals surface area (Å²) in [5.41, 5.74) is 0. The van der Waals surface area contributed by atoms with Crippen LogP contribution < -0.4 is 5.32 Å². The van der Waals surface area contributed by atoms with Gasteiger partial charge in [0, 0.05) is 19.3 Å². The van der Waals surface area contributed by atoms with E-state index in [9.17, 15) is 4.79 Å². The molecule has 0 fully saturated rings. The molecule has 0 aromatic rings. The van der Waals surface area contributed by atoms with Gasteiger partial charge in [-0.25, -0.2) is 0 Å². The normalized spacial score (nSPS) is 7.90. The van der Waals surface area contributed by atoms with Crippen LogP contribution in [0.1, 0.15) is 20.8 Å². The van der Waals surface area contributed by atoms with E-state index in [1.165, 1.54) is 19.3 Å². The summed E-state index contributed by atoms with van der Waals surface area (Å²) in [6.45, 7) is 8.59. The van der Waals surface area contributed by atoms with Crippen LogP contribution in [-0.2, 0) is 4.79 Å². The van der Waals surface area contributed by atoms with Crippen molar-refractivity contribution in [3.05, 3.63) is 12.4 Å². The smallest absolute Gasteiger partial charge is 0.220 e. The second-order valence-electron chi connectivity index (χ2n) is 1.20. The van der Waals surface area contributed by atoms with Crippen molar-refractivity contribution in [3.63, 3.8) is 0 Å². The van der Waals surface area contributed by atoms with Gasteiger partial charge in [-0.1, -0.05) is 13.8 Å². The largest absolute Gasteiger partial charge is 0.331 e. The molecule has 0 aliphatic heterocycles. The summed E-state index contributed by atoms with van der Waals surface area (Å²) in [6, 6.07) is 0. The predicted molar refractivity (Wildman–Crippen MR) is 43.9 cm³/mol. The SMILES string of the molecule is C=N/C=C\NC(C)=O.CC. The predicted octanol–water partition coefficient (Wildman–Crippen LogP) is 1.32. The van der Waals surface area contributed by atoms with Crippen LogP contribution >= 0.6 is 0 Å². The highest BCUT2D eigenvalue weighted by Crippen LogP contribution is 1.65. The molecule has 0 aromatic carbocycles. The Bertz CT molecular complexity index is 119. The van der Waals surface area contributed by atoms with Crippen molar-refractivity contribution in [1.29, 1.82) is 0 Å². The summed E-state index contributed by atoms with van der Waals surface area (Å²) in [5, 5.41) is 2.39. The second kappa shape index (κ2) is 10.8. The van der Waals surface area contributed by atoms with Crippen molar-refractivity contribution in [2.75, 3.05) is 0 Å². The third kappa shape index (κ3) is 15.8. The van der Waals surface area contributed by atoms with Gasteiger partial charge in [0.1, 0.15) is 0 Å². The molecule has 0 atom stereocenters. The zero-order valence-corrected chi connectivity index (χ0v) is 6.72. The van der Waals surface area contributed by atoms with Crippen molar-refractivity contribution in [2.45, 2.75) is 20.8 Å². The lowest BCUT2D eigenvalue weighted by Crippen LogP contribution is -2.10. The van der Waals surface area contributed by atoms with E-state index in [-0.39, 0.29) is 5.91 Å². The summed E-state index contributed by atoms with van der Waals surface area (Å²) >= 11 is 0. The average Bonchev–Trinajstić information content (AvgIpc) is 1.92. The van der Waals surface area contributed by atoms with Gasteiger partial charge in [-0.15, -0.1) is 0 Å². The third-order valence-electron chi connectivity index (χ3n) is 0.467. The summed E-state index contributed by atoms with van der Waals surface area (Å²) in [4.78, 5) is 13.5. The van der Waals surface area contributed by atoms with Gasteiger partial charge in [0.05, 0.1) is 0 Å². The van der Waals surface area contributed by atoms with Crippen LogP contribution in [0.4, 0.5) is 0 Å². The minimum atomic E-state index is -0.107. The van der Waals surface area contributed by atoms with Crippen LogP contribution in [0.3, 0.4) is 0 Å². The summed E-state index contributed by atoms with van der Waals surface area (Å²) < 4.78 is 0. The van der Waals surface area contributed by atoms with Crippen molar-refractivity contribution in [1.82, 2.24) is 5.32 Å². The van der Waals surface area contributed by atoms with Crippen LogP contribution in [-0.4, -0.2) is 12.6 Å². The van der Waals surface area contributed by atoms with Crippen molar-refractivity contribution in [2.24, 2.45) is 4.99 Å². The molecule has 1 amide bonds. The van der Waals surface area contributed by atoms with Crippen molar-refractivity contribution in [3.8, 4) is 0 Å². The Morgan fingerprint density at radius 3 is 2.40 bits per heavy atom. The maximum atomic E-state index is 10.1. The number of rotatable bonds is 2. The molecule has 0 unspecified atom stereocenters. The zero-order valence-electron chi connectivity index (χ0n) is 6.72. The Kier molecular flexibility index (Phi) is 12.6. The first-order chi connectivity index (χ1) is 4.77. The number of nitrogens with one attached hydrogen (secondary N) is 1. The first-order valence-corrected chi connectivity index (χ1v) is 3.15. The van der Waals surface area contributed by atoms with Crippen LogP contribution in [0.2, 0.25) is 0 Å². The zero-order chi connectivity index (χ0) is 8.41. The second-order valence-corrected chi connectivity index (χ2v) is 1.20. The highest BCUT2D eigenvalue weighted by Gasteiger charge is 1.78. The number of hydrogen-bond donors (Lipinski definition) is 1. The van der Waals surface area contributed by atoms with E-state index < -0.39 is 0 Å². The molecule has 58 valence electrons. The highest BCUT2D eigenvalue weighted by atomic mass is 16.1. The molecule has 0 aromatic heterocycles. The number of hydrogen-bond acceptors (Lipinski definition) is 2. The van der Waals surface area contributed by atoms with Gasteiger partial charge in [0.25, 0.3) is 0 Å². The fourth-order valence-electron chi connectivity index (χ4n) is 0.207. The van der Waals surface area contributed by atoms with Gasteiger partial charge in [0.15, 0.2) is 0 Å². The average molecular weight is 142 g/mol. The van der Waals surface area contributed by atoms with E-state index in [2.05, 4.69) is 17.0 Å². The number of amides is 1. The molecule has 0 heterocycles. The van der Waals surface area contributed by atoms with Gasteiger partial charge in [-0.2, -0.15) is 0 Å². The van der Waals surface area contributed by atoms with Gasteiger partial charge in [0.2, 0.25) is 5.91 Å². The third-order valence-corrected chi connectivity index (χ3v) is 0.467. The molecule has 0 radical (unpaired) electrons. The Morgan fingerprint density at radius 1 is 1.60 bits per heavy atom. The van der Waals surface area contributed by atoms with Gasteiger partial charge >= 0.3 is 0 Å². The molecule has 0 spiro atoms. The molecule has 0 aliphatic rings. The highest BCUT2D eigenvalue weighted by molar-refractivity contribution is 5.73. The molecule has 0 bridgehead atoms. The Morgan fingerprint density at radius 2 is 2.10 bits per heavy atom. The Balaban J connectivity index is 0. The molecule has 3 heteroatoms. The maximum Gasteiger partial charge on any atom is 0.220 e. The topological polar surface area (TPSA) is 41.5 Å². The molecular weight excluding hydrogens is 128 g/mol. The molecule has 10 heavy (non-hydrogen) atoms. The number of carbonyl (C=O) groups excluding carboxylic acids is 1. The fraction of sp³-hybridized carbons (Fsp3) is 0.429. The van der Waals surface area contributed by atoms with Crippen LogP contribution in [0.15, 0.2) is 17.4 Å². The molecule has 1 N–H and O–H groups in total. The molecule has 3 nitrogen and oxygen atoms in total. The molecule has 0 rings (SSSR count). The van der Waals surface area contributed by atoms with E-state index in [1.807, 2.05) is 13.8 Å². The first-order valence-electron chi connectivity index (χ1n) is 3.15. The number of aliphatic imine (C=N–C) groups is 1. The van der Waals surface area contributed by atoms with Crippen LogP contribution in [0, 0.1) is 0 Å². The Hall–Kier alpha value is -1.12. The Labute approximate surface area is 61.9 Å². The summed E-state index contributed by atoms with van der Waals surface area (Å²) in [6.07, 6.45) is 2.83. The van der Waals surface area contributed by atoms with E-state index in [0.717, 1.165) is 0 Å². The number of nitrogens with zero attached hydrogens (tertiary/aromatic N) is 1. The van der Waals surface area contributed by atoms with Crippen molar-refractivity contribution < 1.29 is 4.79 Å². The molecule has 0 saturated carbocycles. The van der Waals surface area contributed by atoms with Gasteiger partial charge in [-0.3, -0.25) is 9.79 Å². The van der Waals surface area contributed by atoms with Crippen LogP contribution in [0.5, 0.6) is 0 Å². The minimum absolute atomic E-state index is 0.107. The van der Waals surface area contributed by atoms with E-state index in [4.69, 9.17) is 0 Å². The number of carbonyl (C=O) groups is 1. The lowest BCUT2D eigenvalue weighted by Gasteiger charge is -1.85. The van der Waals surface area contributed by atoms with Gasteiger partial charge in [-0.05, 0) is 6.72 Å². The van der Waals surface area contributed by atoms with Crippen molar-refractivity contribution >= 4 is 12.6 Å². The van der Waals surface area contributed by atoms with E-state index in [1.54, 1.807) is 0 Å². The fourth-order valence-corrected chi connectivity index (χ4v) is 0.207. The van der Waals surface area contributed by atoms with E-state index in [0.29, 0.717) is 0 Å². The maximum absolute atomic E-state index is 10.1. The first kappa shape index (κ1) is 11.6.